The Morgan fingerprint density at radius 3 is 2.93 bits per heavy atom. The van der Waals surface area contributed by atoms with E-state index < -0.39 is 0 Å². The van der Waals surface area contributed by atoms with Crippen molar-refractivity contribution >= 4 is 46.2 Å². The van der Waals surface area contributed by atoms with Gasteiger partial charge in [0, 0.05) is 24.2 Å². The van der Waals surface area contributed by atoms with E-state index >= 15 is 0 Å². The average molecular weight is 403 g/mol. The van der Waals surface area contributed by atoms with E-state index in [-0.39, 0.29) is 36.0 Å². The summed E-state index contributed by atoms with van der Waals surface area (Å²) in [5.41, 5.74) is 0.311. The van der Waals surface area contributed by atoms with Crippen LogP contribution in [0.4, 0.5) is 4.79 Å². The normalized spacial score (nSPS) is 15.4. The van der Waals surface area contributed by atoms with Crippen molar-refractivity contribution in [2.75, 3.05) is 19.7 Å². The molecule has 9 heteroatoms. The number of imide groups is 1. The molecule has 0 radical (unpaired) electrons. The Morgan fingerprint density at radius 2 is 2.19 bits per heavy atom. The molecule has 7 nitrogen and oxygen atoms in total. The number of carbonyl (C=O) groups is 3. The van der Waals surface area contributed by atoms with Gasteiger partial charge in [0.25, 0.3) is 17.1 Å². The first-order valence-electron chi connectivity index (χ1n) is 8.25. The van der Waals surface area contributed by atoms with E-state index in [1.54, 1.807) is 31.3 Å². The molecule has 2 aromatic heterocycles. The van der Waals surface area contributed by atoms with E-state index in [0.29, 0.717) is 17.1 Å². The van der Waals surface area contributed by atoms with E-state index in [9.17, 15) is 14.4 Å². The molecule has 1 aliphatic rings. The first-order valence-corrected chi connectivity index (χ1v) is 9.94. The number of aromatic nitrogens is 1. The average Bonchev–Trinajstić information content (AvgIpc) is 3.26. The van der Waals surface area contributed by atoms with Gasteiger partial charge in [0.2, 0.25) is 5.88 Å². The molecule has 0 aliphatic carbocycles. The number of nitrogens with one attached hydrogen (secondary N) is 1. The second-order valence-corrected chi connectivity index (χ2v) is 7.37. The summed E-state index contributed by atoms with van der Waals surface area (Å²) in [5.74, 6) is -0.459. The van der Waals surface area contributed by atoms with Crippen molar-refractivity contribution in [2.45, 2.75) is 6.92 Å². The highest BCUT2D eigenvalue weighted by Gasteiger charge is 2.34. The van der Waals surface area contributed by atoms with E-state index in [0.717, 1.165) is 21.5 Å². The van der Waals surface area contributed by atoms with Crippen LogP contribution in [0.25, 0.3) is 6.08 Å². The minimum atomic E-state index is -0.368. The zero-order chi connectivity index (χ0) is 19.2. The first kappa shape index (κ1) is 19.1. The van der Waals surface area contributed by atoms with Crippen LogP contribution in [0.15, 0.2) is 40.7 Å². The molecule has 140 valence electrons. The van der Waals surface area contributed by atoms with Crippen molar-refractivity contribution in [1.29, 1.82) is 0 Å². The Labute approximate surface area is 164 Å². The van der Waals surface area contributed by atoms with Crippen molar-refractivity contribution in [3.05, 3.63) is 51.2 Å². The molecule has 3 amide bonds. The zero-order valence-electron chi connectivity index (χ0n) is 14.5. The minimum Gasteiger partial charge on any atom is -0.477 e. The summed E-state index contributed by atoms with van der Waals surface area (Å²) in [5, 5.41) is 4.26. The number of thiophene rings is 1. The Balaban J connectivity index is 1.58. The molecule has 0 atom stereocenters. The molecule has 1 aliphatic heterocycles. The van der Waals surface area contributed by atoms with Gasteiger partial charge in [0.15, 0.2) is 0 Å². The van der Waals surface area contributed by atoms with Crippen molar-refractivity contribution < 1.29 is 19.1 Å². The topological polar surface area (TPSA) is 88.6 Å². The quantitative estimate of drug-likeness (QED) is 0.715. The third-order valence-corrected chi connectivity index (χ3v) is 5.33. The van der Waals surface area contributed by atoms with E-state index in [1.165, 1.54) is 11.3 Å². The fraction of sp³-hybridized carbons (Fsp3) is 0.222. The lowest BCUT2D eigenvalue weighted by molar-refractivity contribution is -0.122. The van der Waals surface area contributed by atoms with Crippen LogP contribution in [0.5, 0.6) is 5.88 Å². The number of hydrogen-bond donors (Lipinski definition) is 1. The van der Waals surface area contributed by atoms with Gasteiger partial charge < -0.3 is 10.1 Å². The van der Waals surface area contributed by atoms with Crippen LogP contribution in [0.1, 0.15) is 22.2 Å². The minimum absolute atomic E-state index is 0.0996. The molecule has 2 aromatic rings. The Morgan fingerprint density at radius 1 is 1.33 bits per heavy atom. The Bertz CT molecular complexity index is 880. The number of hydrogen-bond acceptors (Lipinski definition) is 7. The van der Waals surface area contributed by atoms with Crippen molar-refractivity contribution in [1.82, 2.24) is 15.2 Å². The van der Waals surface area contributed by atoms with Gasteiger partial charge in [0.05, 0.1) is 11.5 Å². The van der Waals surface area contributed by atoms with Crippen molar-refractivity contribution in [3.63, 3.8) is 0 Å². The largest absolute Gasteiger partial charge is 0.477 e. The van der Waals surface area contributed by atoms with Crippen LogP contribution in [0, 0.1) is 0 Å². The van der Waals surface area contributed by atoms with E-state index in [1.807, 2.05) is 17.5 Å². The molecule has 0 spiro atoms. The summed E-state index contributed by atoms with van der Waals surface area (Å²) in [6.07, 6.45) is 3.25. The lowest BCUT2D eigenvalue weighted by Crippen LogP contribution is -2.37. The molecular formula is C18H17N3O4S2. The van der Waals surface area contributed by atoms with E-state index in [2.05, 4.69) is 10.3 Å². The summed E-state index contributed by atoms with van der Waals surface area (Å²) in [4.78, 5) is 43.3. The molecule has 27 heavy (non-hydrogen) atoms. The highest BCUT2D eigenvalue weighted by molar-refractivity contribution is 8.18. The number of ether oxygens (including phenoxy) is 1. The Hall–Kier alpha value is -2.65. The monoisotopic (exact) mass is 403 g/mol. The fourth-order valence-corrected chi connectivity index (χ4v) is 3.98. The number of nitrogens with zero attached hydrogens (tertiary/aromatic N) is 2. The fourth-order valence-electron chi connectivity index (χ4n) is 2.39. The molecule has 1 saturated heterocycles. The predicted octanol–water partition coefficient (Wildman–Crippen LogP) is 3.01. The van der Waals surface area contributed by atoms with Crippen LogP contribution in [-0.4, -0.2) is 46.6 Å². The summed E-state index contributed by atoms with van der Waals surface area (Å²) >= 11 is 2.40. The summed E-state index contributed by atoms with van der Waals surface area (Å²) in [6.45, 7) is 2.44. The van der Waals surface area contributed by atoms with Crippen molar-refractivity contribution in [2.24, 2.45) is 0 Å². The van der Waals surface area contributed by atoms with Crippen LogP contribution in [0.3, 0.4) is 0 Å². The second-order valence-electron chi connectivity index (χ2n) is 5.39. The third-order valence-electron chi connectivity index (χ3n) is 3.61. The molecule has 1 N–H and O–H groups in total. The summed E-state index contributed by atoms with van der Waals surface area (Å²) in [6, 6.07) is 7.01. The van der Waals surface area contributed by atoms with Crippen LogP contribution >= 0.6 is 23.1 Å². The van der Waals surface area contributed by atoms with Gasteiger partial charge in [-0.3, -0.25) is 19.3 Å². The number of amides is 3. The highest BCUT2D eigenvalue weighted by atomic mass is 32.2. The van der Waals surface area contributed by atoms with Gasteiger partial charge in [-0.15, -0.1) is 11.3 Å². The summed E-state index contributed by atoms with van der Waals surface area (Å²) < 4.78 is 5.34. The van der Waals surface area contributed by atoms with Crippen molar-refractivity contribution in [3.8, 4) is 5.88 Å². The van der Waals surface area contributed by atoms with Crippen LogP contribution in [-0.2, 0) is 4.79 Å². The molecule has 0 saturated carbocycles. The molecule has 0 unspecified atom stereocenters. The maximum Gasteiger partial charge on any atom is 0.293 e. The SMILES string of the molecule is CCOc1ncccc1C(=O)NCCN1C(=O)SC(=Cc2cccs2)C1=O. The van der Waals surface area contributed by atoms with Crippen LogP contribution in [0.2, 0.25) is 0 Å². The smallest absolute Gasteiger partial charge is 0.293 e. The van der Waals surface area contributed by atoms with Gasteiger partial charge in [-0.1, -0.05) is 6.07 Å². The van der Waals surface area contributed by atoms with Gasteiger partial charge in [0.1, 0.15) is 5.56 Å². The predicted molar refractivity (Wildman–Crippen MR) is 105 cm³/mol. The molecule has 0 bridgehead atoms. The Kier molecular flexibility index (Phi) is 6.25. The van der Waals surface area contributed by atoms with Gasteiger partial charge >= 0.3 is 0 Å². The molecule has 3 heterocycles. The lowest BCUT2D eigenvalue weighted by atomic mass is 10.2. The highest BCUT2D eigenvalue weighted by Crippen LogP contribution is 2.32. The zero-order valence-corrected chi connectivity index (χ0v) is 16.1. The lowest BCUT2D eigenvalue weighted by Gasteiger charge is -2.13. The maximum atomic E-state index is 12.4. The van der Waals surface area contributed by atoms with Crippen LogP contribution < -0.4 is 10.1 Å². The molecule has 0 aromatic carbocycles. The molecule has 3 rings (SSSR count). The number of pyridine rings is 1. The third kappa shape index (κ3) is 4.55. The van der Waals surface area contributed by atoms with E-state index in [4.69, 9.17) is 4.74 Å². The van der Waals surface area contributed by atoms with Gasteiger partial charge in [-0.2, -0.15) is 0 Å². The number of carbonyl (C=O) groups excluding carboxylic acids is 3. The number of thioether (sulfide) groups is 1. The standard InChI is InChI=1S/C18H17N3O4S2/c1-2-25-16-13(6-3-7-20-16)15(22)19-8-9-21-17(23)14(27-18(21)24)11-12-5-4-10-26-12/h3-7,10-11H,2,8-9H2,1H3,(H,19,22). The number of rotatable bonds is 7. The molecule has 1 fully saturated rings. The van der Waals surface area contributed by atoms with Gasteiger partial charge in [-0.25, -0.2) is 4.98 Å². The van der Waals surface area contributed by atoms with Gasteiger partial charge in [-0.05, 0) is 48.3 Å². The molecular weight excluding hydrogens is 386 g/mol. The first-order chi connectivity index (χ1) is 13.1. The maximum absolute atomic E-state index is 12.4. The second kappa shape index (κ2) is 8.83. The summed E-state index contributed by atoms with van der Waals surface area (Å²) in [7, 11) is 0.